The van der Waals surface area contributed by atoms with Crippen molar-refractivity contribution >= 4 is 11.7 Å². The van der Waals surface area contributed by atoms with Gasteiger partial charge in [0.2, 0.25) is 5.82 Å². The number of hydrogen-bond acceptors (Lipinski definition) is 8. The molecule has 9 heteroatoms. The van der Waals surface area contributed by atoms with Crippen LogP contribution in [-0.4, -0.2) is 28.1 Å². The van der Waals surface area contributed by atoms with E-state index in [1.807, 2.05) is 0 Å². The number of ether oxygens (including phenoxy) is 2. The third-order valence-electron chi connectivity index (χ3n) is 3.75. The molecule has 0 fully saturated rings. The first-order valence-corrected chi connectivity index (χ1v) is 7.87. The summed E-state index contributed by atoms with van der Waals surface area (Å²) in [4.78, 5) is 26.6. The summed E-state index contributed by atoms with van der Waals surface area (Å²) >= 11 is 0. The first-order valence-electron chi connectivity index (χ1n) is 7.87. The molecule has 0 saturated carbocycles. The molecule has 138 valence electrons. The standard InChI is InChI=1S/C18H15N3O6/c1-11-8-13(6-7-15(11)21(23)24)18(22)26-10-16-19-17(20-27-16)12-4-3-5-14(9-12)25-2/h3-9H,10H2,1-2H3. The Balaban J connectivity index is 1.67. The molecule has 27 heavy (non-hydrogen) atoms. The summed E-state index contributed by atoms with van der Waals surface area (Å²) in [6.45, 7) is 1.33. The molecule has 2 aromatic carbocycles. The number of aromatic nitrogens is 2. The molecule has 0 N–H and O–H groups in total. The normalized spacial score (nSPS) is 10.4. The van der Waals surface area contributed by atoms with Crippen molar-refractivity contribution in [3.8, 4) is 17.1 Å². The van der Waals surface area contributed by atoms with Crippen LogP contribution in [0.3, 0.4) is 0 Å². The zero-order valence-electron chi connectivity index (χ0n) is 14.5. The summed E-state index contributed by atoms with van der Waals surface area (Å²) in [6.07, 6.45) is 0. The minimum atomic E-state index is -0.644. The second-order valence-electron chi connectivity index (χ2n) is 5.58. The summed E-state index contributed by atoms with van der Waals surface area (Å²) < 4.78 is 15.4. The van der Waals surface area contributed by atoms with E-state index < -0.39 is 10.9 Å². The fourth-order valence-electron chi connectivity index (χ4n) is 2.39. The Morgan fingerprint density at radius 3 is 2.78 bits per heavy atom. The molecule has 9 nitrogen and oxygen atoms in total. The van der Waals surface area contributed by atoms with E-state index in [1.165, 1.54) is 18.2 Å². The van der Waals surface area contributed by atoms with Gasteiger partial charge in [-0.15, -0.1) is 0 Å². The molecule has 3 rings (SSSR count). The van der Waals surface area contributed by atoms with E-state index in [4.69, 9.17) is 14.0 Å². The van der Waals surface area contributed by atoms with Crippen molar-refractivity contribution in [2.45, 2.75) is 13.5 Å². The van der Waals surface area contributed by atoms with Gasteiger partial charge in [0.1, 0.15) is 5.75 Å². The van der Waals surface area contributed by atoms with E-state index in [0.29, 0.717) is 22.7 Å². The second kappa shape index (κ2) is 7.65. The van der Waals surface area contributed by atoms with E-state index in [2.05, 4.69) is 10.1 Å². The summed E-state index contributed by atoms with van der Waals surface area (Å²) in [5.74, 6) is 0.471. The van der Waals surface area contributed by atoms with Crippen LogP contribution in [0.4, 0.5) is 5.69 Å². The van der Waals surface area contributed by atoms with Crippen molar-refractivity contribution < 1.29 is 23.7 Å². The number of rotatable bonds is 6. The Kier molecular flexibility index (Phi) is 5.11. The lowest BCUT2D eigenvalue weighted by molar-refractivity contribution is -0.385. The van der Waals surface area contributed by atoms with Gasteiger partial charge in [-0.1, -0.05) is 17.3 Å². The molecule has 0 aliphatic rings. The summed E-state index contributed by atoms with van der Waals surface area (Å²) in [6, 6.07) is 11.1. The summed E-state index contributed by atoms with van der Waals surface area (Å²) in [5, 5.41) is 14.7. The number of aryl methyl sites for hydroxylation is 1. The predicted octanol–water partition coefficient (Wildman–Crippen LogP) is 3.32. The van der Waals surface area contributed by atoms with Crippen LogP contribution in [0, 0.1) is 17.0 Å². The third-order valence-corrected chi connectivity index (χ3v) is 3.75. The van der Waals surface area contributed by atoms with Gasteiger partial charge in [0.05, 0.1) is 17.6 Å². The highest BCUT2D eigenvalue weighted by Gasteiger charge is 2.16. The van der Waals surface area contributed by atoms with Crippen molar-refractivity contribution in [3.05, 3.63) is 69.6 Å². The van der Waals surface area contributed by atoms with E-state index in [1.54, 1.807) is 38.3 Å². The van der Waals surface area contributed by atoms with Crippen LogP contribution in [0.15, 0.2) is 47.0 Å². The zero-order chi connectivity index (χ0) is 19.4. The second-order valence-corrected chi connectivity index (χ2v) is 5.58. The van der Waals surface area contributed by atoms with Crippen molar-refractivity contribution in [2.75, 3.05) is 7.11 Å². The maximum absolute atomic E-state index is 12.1. The van der Waals surface area contributed by atoms with Crippen LogP contribution in [0.2, 0.25) is 0 Å². The third kappa shape index (κ3) is 4.09. The van der Waals surface area contributed by atoms with Crippen LogP contribution in [0.25, 0.3) is 11.4 Å². The number of carbonyl (C=O) groups excluding carboxylic acids is 1. The van der Waals surface area contributed by atoms with Gasteiger partial charge in [-0.05, 0) is 31.2 Å². The largest absolute Gasteiger partial charge is 0.497 e. The number of carbonyl (C=O) groups is 1. The van der Waals surface area contributed by atoms with Crippen molar-refractivity contribution in [1.29, 1.82) is 0 Å². The smallest absolute Gasteiger partial charge is 0.338 e. The summed E-state index contributed by atoms with van der Waals surface area (Å²) in [7, 11) is 1.56. The Hall–Kier alpha value is -3.75. The number of nitro groups is 1. The highest BCUT2D eigenvalue weighted by atomic mass is 16.6. The van der Waals surface area contributed by atoms with Gasteiger partial charge >= 0.3 is 5.97 Å². The average molecular weight is 369 g/mol. The lowest BCUT2D eigenvalue weighted by Gasteiger charge is -2.03. The molecule has 3 aromatic rings. The van der Waals surface area contributed by atoms with E-state index in [9.17, 15) is 14.9 Å². The lowest BCUT2D eigenvalue weighted by Crippen LogP contribution is -2.06. The maximum Gasteiger partial charge on any atom is 0.338 e. The summed E-state index contributed by atoms with van der Waals surface area (Å²) in [5.41, 5.74) is 1.20. The fourth-order valence-corrected chi connectivity index (χ4v) is 2.39. The Morgan fingerprint density at radius 2 is 2.07 bits per heavy atom. The number of esters is 1. The van der Waals surface area contributed by atoms with Crippen molar-refractivity contribution in [1.82, 2.24) is 10.1 Å². The minimum Gasteiger partial charge on any atom is -0.497 e. The van der Waals surface area contributed by atoms with E-state index >= 15 is 0 Å². The van der Waals surface area contributed by atoms with Gasteiger partial charge in [-0.3, -0.25) is 10.1 Å². The molecule has 0 bridgehead atoms. The number of hydrogen-bond donors (Lipinski definition) is 0. The first-order chi connectivity index (χ1) is 13.0. The fraction of sp³-hybridized carbons (Fsp3) is 0.167. The van der Waals surface area contributed by atoms with Gasteiger partial charge < -0.3 is 14.0 Å². The van der Waals surface area contributed by atoms with Gasteiger partial charge in [0, 0.05) is 17.2 Å². The van der Waals surface area contributed by atoms with Crippen LogP contribution in [0.1, 0.15) is 21.8 Å². The molecule has 0 atom stereocenters. The van der Waals surface area contributed by atoms with Crippen LogP contribution >= 0.6 is 0 Å². The van der Waals surface area contributed by atoms with Crippen LogP contribution in [-0.2, 0) is 11.3 Å². The number of nitrogens with zero attached hydrogens (tertiary/aromatic N) is 3. The highest BCUT2D eigenvalue weighted by molar-refractivity contribution is 5.90. The highest BCUT2D eigenvalue weighted by Crippen LogP contribution is 2.22. The number of nitro benzene ring substituents is 1. The van der Waals surface area contributed by atoms with Crippen LogP contribution in [0.5, 0.6) is 5.75 Å². The first kappa shape index (κ1) is 18.1. The average Bonchev–Trinajstić information content (AvgIpc) is 3.15. The number of benzene rings is 2. The lowest BCUT2D eigenvalue weighted by atomic mass is 10.1. The molecule has 0 radical (unpaired) electrons. The van der Waals surface area contributed by atoms with Crippen LogP contribution < -0.4 is 4.74 Å². The molecule has 0 aliphatic carbocycles. The molecular formula is C18H15N3O6. The Labute approximate surface area is 153 Å². The molecule has 0 unspecified atom stereocenters. The minimum absolute atomic E-state index is 0.0635. The SMILES string of the molecule is COc1cccc(-c2noc(COC(=O)c3ccc([N+](=O)[O-])c(C)c3)n2)c1. The Bertz CT molecular complexity index is 998. The van der Waals surface area contributed by atoms with Gasteiger partial charge in [0.25, 0.3) is 11.6 Å². The van der Waals surface area contributed by atoms with E-state index in [0.717, 1.165) is 0 Å². The molecule has 1 aromatic heterocycles. The molecule has 0 saturated heterocycles. The zero-order valence-corrected chi connectivity index (χ0v) is 14.5. The molecular weight excluding hydrogens is 354 g/mol. The van der Waals surface area contributed by atoms with Gasteiger partial charge in [0.15, 0.2) is 6.61 Å². The molecule has 0 amide bonds. The van der Waals surface area contributed by atoms with Gasteiger partial charge in [-0.2, -0.15) is 4.98 Å². The molecule has 1 heterocycles. The van der Waals surface area contributed by atoms with Crippen molar-refractivity contribution in [2.24, 2.45) is 0 Å². The van der Waals surface area contributed by atoms with Crippen molar-refractivity contribution in [3.63, 3.8) is 0 Å². The Morgan fingerprint density at radius 1 is 1.26 bits per heavy atom. The quantitative estimate of drug-likeness (QED) is 0.369. The van der Waals surface area contributed by atoms with Gasteiger partial charge in [-0.25, -0.2) is 4.79 Å². The topological polar surface area (TPSA) is 118 Å². The van der Waals surface area contributed by atoms with E-state index in [-0.39, 0.29) is 23.7 Å². The molecule has 0 aliphatic heterocycles. The predicted molar refractivity (Wildman–Crippen MR) is 93.2 cm³/mol. The monoisotopic (exact) mass is 369 g/mol. The maximum atomic E-state index is 12.1. The number of methoxy groups -OCH3 is 1. The molecule has 0 spiro atoms.